The molecule has 0 saturated carbocycles. The topological polar surface area (TPSA) is 212 Å². The lowest BCUT2D eigenvalue weighted by Crippen LogP contribution is -2.66. The Bertz CT molecular complexity index is 946. The Morgan fingerprint density at radius 1 is 0.767 bits per heavy atom. The minimum Gasteiger partial charge on any atom is -0.445 e. The molecular weight excluding hydrogens is 733 g/mol. The van der Waals surface area contributed by atoms with E-state index in [0.29, 0.717) is 0 Å². The van der Waals surface area contributed by atoms with Crippen molar-refractivity contribution in [1.29, 1.82) is 0 Å². The summed E-state index contributed by atoms with van der Waals surface area (Å²) in [5.74, 6) is -0.0907. The van der Waals surface area contributed by atoms with Gasteiger partial charge < -0.3 is 59.5 Å². The molecule has 2 fully saturated rings. The second kappa shape index (κ2) is 17.2. The van der Waals surface area contributed by atoms with E-state index < -0.39 is 101 Å². The number of hydrogen-bond donors (Lipinski definition) is 6. The molecule has 10 atom stereocenters. The van der Waals surface area contributed by atoms with E-state index in [1.165, 1.54) is 14.0 Å². The molecule has 6 N–H and O–H groups in total. The lowest BCUT2D eigenvalue weighted by Gasteiger charge is -2.44. The second-order valence-electron chi connectivity index (χ2n) is 9.14. The minimum absolute atomic E-state index is 0.0907. The van der Waals surface area contributed by atoms with Crippen molar-refractivity contribution >= 4 is 98.7 Å². The third kappa shape index (κ3) is 13.0. The molecule has 0 radical (unpaired) electrons. The Morgan fingerprint density at radius 2 is 1.21 bits per heavy atom. The Hall–Kier alpha value is -0.0200. The van der Waals surface area contributed by atoms with E-state index in [-0.39, 0.29) is 10.9 Å². The van der Waals surface area contributed by atoms with Crippen molar-refractivity contribution in [3.63, 3.8) is 0 Å². The molecule has 22 heteroatoms. The summed E-state index contributed by atoms with van der Waals surface area (Å²) in [6.07, 6.45) is -14.3. The number of amides is 2. The summed E-state index contributed by atoms with van der Waals surface area (Å²) in [6.45, 7) is -0.545. The smallest absolute Gasteiger partial charge is 0.407 e. The molecule has 2 heterocycles. The van der Waals surface area contributed by atoms with Crippen molar-refractivity contribution in [3.05, 3.63) is 0 Å². The lowest BCUT2D eigenvalue weighted by molar-refractivity contribution is -0.295. The summed E-state index contributed by atoms with van der Waals surface area (Å²) in [7, 11) is 1.19. The maximum Gasteiger partial charge on any atom is 0.407 e. The van der Waals surface area contributed by atoms with Crippen molar-refractivity contribution in [1.82, 2.24) is 10.6 Å². The SMILES string of the molecule is CO[C@@H]1O[C@H](CO[C@@H]2O[C@H](CSC(C)=O)[C@@H](O)[C@H](O)[C@H]2NC(=O)OCC(Cl)(Cl)Cl)[C@@H](O)[C@H](O)[C@H]1NC(=O)OCC(Cl)(Cl)Cl. The first-order chi connectivity index (χ1) is 19.8. The first kappa shape index (κ1) is 39.2. The number of hydrogen-bond acceptors (Lipinski definition) is 14. The Kier molecular flexibility index (Phi) is 15.7. The van der Waals surface area contributed by atoms with Gasteiger partial charge in [-0.2, -0.15) is 0 Å². The van der Waals surface area contributed by atoms with Crippen LogP contribution in [0.3, 0.4) is 0 Å². The zero-order valence-electron chi connectivity index (χ0n) is 22.2. The summed E-state index contributed by atoms with van der Waals surface area (Å²) < 4.78 is 28.0. The summed E-state index contributed by atoms with van der Waals surface area (Å²) in [4.78, 5) is 35.9. The number of alkyl halides is 6. The van der Waals surface area contributed by atoms with Crippen LogP contribution in [0.25, 0.3) is 0 Å². The number of thioether (sulfide) groups is 1. The zero-order chi connectivity index (χ0) is 32.7. The first-order valence-electron chi connectivity index (χ1n) is 12.1. The summed E-state index contributed by atoms with van der Waals surface area (Å²) in [5.41, 5.74) is 0. The second-order valence-corrected chi connectivity index (χ2v) is 15.4. The van der Waals surface area contributed by atoms with Crippen LogP contribution in [0.4, 0.5) is 9.59 Å². The van der Waals surface area contributed by atoms with Gasteiger partial charge in [0.25, 0.3) is 0 Å². The average Bonchev–Trinajstić information content (AvgIpc) is 2.90. The number of halogens is 6. The number of aliphatic hydroxyl groups is 4. The van der Waals surface area contributed by atoms with Gasteiger partial charge in [-0.05, 0) is 0 Å². The highest BCUT2D eigenvalue weighted by Crippen LogP contribution is 2.29. The molecule has 0 bridgehead atoms. The Balaban J connectivity index is 2.13. The number of methoxy groups -OCH3 is 1. The fourth-order valence-electron chi connectivity index (χ4n) is 3.83. The van der Waals surface area contributed by atoms with Crippen molar-refractivity contribution in [3.8, 4) is 0 Å². The highest BCUT2D eigenvalue weighted by Gasteiger charge is 2.49. The van der Waals surface area contributed by atoms with Gasteiger partial charge in [-0.1, -0.05) is 81.4 Å². The van der Waals surface area contributed by atoms with Crippen molar-refractivity contribution in [2.24, 2.45) is 0 Å². The molecule has 0 aromatic carbocycles. The van der Waals surface area contributed by atoms with Gasteiger partial charge in [-0.15, -0.1) is 0 Å². The molecule has 0 unspecified atom stereocenters. The largest absolute Gasteiger partial charge is 0.445 e. The molecule has 250 valence electrons. The third-order valence-corrected chi connectivity index (χ3v) is 7.37. The normalized spacial score (nSPS) is 33.4. The van der Waals surface area contributed by atoms with Gasteiger partial charge in [0.15, 0.2) is 17.7 Å². The van der Waals surface area contributed by atoms with Crippen LogP contribution in [0.1, 0.15) is 6.92 Å². The van der Waals surface area contributed by atoms with Crippen LogP contribution in [-0.2, 0) is 33.2 Å². The van der Waals surface area contributed by atoms with Gasteiger partial charge in [-0.25, -0.2) is 9.59 Å². The molecule has 0 spiro atoms. The van der Waals surface area contributed by atoms with E-state index in [4.69, 9.17) is 98.0 Å². The van der Waals surface area contributed by atoms with Crippen molar-refractivity contribution in [2.75, 3.05) is 32.7 Å². The van der Waals surface area contributed by atoms with Gasteiger partial charge in [0.1, 0.15) is 55.8 Å². The predicted octanol–water partition coefficient (Wildman–Crippen LogP) is 0.753. The number of ether oxygens (including phenoxy) is 6. The molecule has 0 aromatic rings. The lowest BCUT2D eigenvalue weighted by atomic mass is 9.96. The van der Waals surface area contributed by atoms with E-state index in [0.717, 1.165) is 11.8 Å². The molecular formula is C21H30Cl6N2O13S. The van der Waals surface area contributed by atoms with E-state index in [1.54, 1.807) is 0 Å². The van der Waals surface area contributed by atoms with Crippen molar-refractivity contribution in [2.45, 2.75) is 75.8 Å². The van der Waals surface area contributed by atoms with Gasteiger partial charge >= 0.3 is 12.2 Å². The number of nitrogens with one attached hydrogen (secondary N) is 2. The molecule has 0 aromatic heterocycles. The van der Waals surface area contributed by atoms with E-state index in [9.17, 15) is 34.8 Å². The average molecular weight is 763 g/mol. The monoisotopic (exact) mass is 760 g/mol. The van der Waals surface area contributed by atoms with Crippen LogP contribution in [0.2, 0.25) is 0 Å². The molecule has 0 aliphatic carbocycles. The zero-order valence-corrected chi connectivity index (χ0v) is 27.6. The number of rotatable bonds is 10. The number of carbonyl (C=O) groups is 3. The Labute approximate surface area is 279 Å². The van der Waals surface area contributed by atoms with Crippen molar-refractivity contribution < 1.29 is 63.2 Å². The van der Waals surface area contributed by atoms with Crippen LogP contribution in [-0.4, -0.2) is 139 Å². The van der Waals surface area contributed by atoms with Crippen LogP contribution < -0.4 is 10.6 Å². The molecule has 2 amide bonds. The fourth-order valence-corrected chi connectivity index (χ4v) is 4.83. The van der Waals surface area contributed by atoms with Gasteiger partial charge in [0, 0.05) is 19.8 Å². The molecule has 2 aliphatic rings. The maximum absolute atomic E-state index is 12.3. The number of aliphatic hydroxyl groups excluding tert-OH is 4. The van der Waals surface area contributed by atoms with Crippen LogP contribution in [0.15, 0.2) is 0 Å². The summed E-state index contributed by atoms with van der Waals surface area (Å²) >= 11 is 34.2. The van der Waals surface area contributed by atoms with Gasteiger partial charge in [0.2, 0.25) is 7.59 Å². The van der Waals surface area contributed by atoms with E-state index in [2.05, 4.69) is 10.6 Å². The minimum atomic E-state index is -1.94. The standard InChI is InChI=1S/C21H30Cl6N2O13S/c1-7(30)43-4-9-13(32)15(34)11(29-19(36)40-6-21(25,26)27)17(42-9)38-3-8-12(31)14(33)10(16(37-2)41-8)28-18(35)39-5-20(22,23)24/h8-17,31-34H,3-6H2,1-2H3,(H,28,35)(H,29,36)/t8-,9-,10-,11-,12-,13-,14-,15-,16-,17-/m1/s1. The third-order valence-electron chi connectivity index (χ3n) is 5.81. The van der Waals surface area contributed by atoms with Gasteiger partial charge in [0.05, 0.1) is 12.7 Å². The molecule has 2 aliphatic heterocycles. The molecule has 2 rings (SSSR count). The highest BCUT2D eigenvalue weighted by atomic mass is 35.6. The highest BCUT2D eigenvalue weighted by molar-refractivity contribution is 8.13. The van der Waals surface area contributed by atoms with E-state index >= 15 is 0 Å². The molecule has 43 heavy (non-hydrogen) atoms. The van der Waals surface area contributed by atoms with Crippen LogP contribution >= 0.6 is 81.4 Å². The fraction of sp³-hybridized carbons (Fsp3) is 0.857. The van der Waals surface area contributed by atoms with Gasteiger partial charge in [-0.3, -0.25) is 4.79 Å². The quantitative estimate of drug-likeness (QED) is 0.170. The Morgan fingerprint density at radius 3 is 1.65 bits per heavy atom. The molecule has 15 nitrogen and oxygen atoms in total. The summed E-state index contributed by atoms with van der Waals surface area (Å²) in [6, 6.07) is -2.83. The maximum atomic E-state index is 12.3. The van der Waals surface area contributed by atoms with E-state index in [1.807, 2.05) is 0 Å². The predicted molar refractivity (Wildman–Crippen MR) is 155 cm³/mol. The number of alkyl carbamates (subject to hydrolysis) is 2. The van der Waals surface area contributed by atoms with Crippen LogP contribution in [0.5, 0.6) is 0 Å². The summed E-state index contributed by atoms with van der Waals surface area (Å²) in [5, 5.41) is 46.9. The number of carbonyl (C=O) groups excluding carboxylic acids is 3. The first-order valence-corrected chi connectivity index (χ1v) is 15.4. The van der Waals surface area contributed by atoms with Crippen LogP contribution in [0, 0.1) is 0 Å². The molecule has 2 saturated heterocycles.